The number of rotatable bonds is 5. The minimum Gasteiger partial charge on any atom is -0.497 e. The summed E-state index contributed by atoms with van der Waals surface area (Å²) >= 11 is 0. The Morgan fingerprint density at radius 3 is 2.71 bits per heavy atom. The van der Waals surface area contributed by atoms with Gasteiger partial charge in [-0.1, -0.05) is 6.07 Å². The Balaban J connectivity index is 1.48. The third-order valence-corrected chi connectivity index (χ3v) is 6.05. The number of methoxy groups -OCH3 is 1. The Labute approximate surface area is 201 Å². The number of allylic oxidation sites excluding steroid dienone is 1. The number of benzene rings is 3. The van der Waals surface area contributed by atoms with E-state index < -0.39 is 11.8 Å². The molecule has 0 saturated heterocycles. The highest BCUT2D eigenvalue weighted by atomic mass is 19.1. The van der Waals surface area contributed by atoms with Crippen molar-refractivity contribution >= 4 is 28.7 Å². The van der Waals surface area contributed by atoms with E-state index in [0.717, 1.165) is 29.1 Å². The molecule has 0 saturated carbocycles. The summed E-state index contributed by atoms with van der Waals surface area (Å²) in [7, 11) is 1.61. The molecule has 7 heteroatoms. The fourth-order valence-corrected chi connectivity index (χ4v) is 4.20. The molecule has 0 bridgehead atoms. The number of aromatic nitrogens is 1. The summed E-state index contributed by atoms with van der Waals surface area (Å²) in [6, 6.07) is 14.2. The lowest BCUT2D eigenvalue weighted by molar-refractivity contribution is 0.0732. The first-order valence-electron chi connectivity index (χ1n) is 11.1. The number of Topliss-reactive ketones (excluding diaryl/α,β-unsaturated/α-hetero) is 1. The number of ether oxygens (including phenoxy) is 3. The van der Waals surface area contributed by atoms with E-state index in [2.05, 4.69) is 4.57 Å². The second-order valence-corrected chi connectivity index (χ2v) is 8.16. The van der Waals surface area contributed by atoms with Crippen LogP contribution in [0, 0.1) is 12.7 Å². The summed E-state index contributed by atoms with van der Waals surface area (Å²) < 4.78 is 32.4. The number of halogens is 1. The maximum absolute atomic E-state index is 13.5. The average Bonchev–Trinajstić information content (AvgIpc) is 3.38. The van der Waals surface area contributed by atoms with Crippen molar-refractivity contribution in [2.24, 2.45) is 0 Å². The molecule has 0 unspecified atom stereocenters. The van der Waals surface area contributed by atoms with Crippen LogP contribution in [0.4, 0.5) is 4.39 Å². The van der Waals surface area contributed by atoms with Crippen LogP contribution >= 0.6 is 0 Å². The number of carbonyl (C=O) groups is 2. The Morgan fingerprint density at radius 1 is 1.14 bits per heavy atom. The van der Waals surface area contributed by atoms with Crippen LogP contribution in [0.1, 0.15) is 38.8 Å². The Bertz CT molecular complexity index is 1530. The lowest BCUT2D eigenvalue weighted by Gasteiger charge is -2.10. The number of fused-ring (bicyclic) bond motifs is 2. The van der Waals surface area contributed by atoms with Gasteiger partial charge in [0.25, 0.3) is 0 Å². The maximum Gasteiger partial charge on any atom is 0.343 e. The Morgan fingerprint density at radius 2 is 1.97 bits per heavy atom. The van der Waals surface area contributed by atoms with Crippen molar-refractivity contribution in [2.75, 3.05) is 7.11 Å². The molecule has 35 heavy (non-hydrogen) atoms. The van der Waals surface area contributed by atoms with E-state index >= 15 is 0 Å². The summed E-state index contributed by atoms with van der Waals surface area (Å²) in [5, 5.41) is 0.937. The molecule has 1 aliphatic heterocycles. The third kappa shape index (κ3) is 3.95. The van der Waals surface area contributed by atoms with Gasteiger partial charge in [0.15, 0.2) is 5.76 Å². The summed E-state index contributed by atoms with van der Waals surface area (Å²) in [6.45, 7) is 4.51. The quantitative estimate of drug-likeness (QED) is 0.204. The van der Waals surface area contributed by atoms with Crippen LogP contribution in [-0.4, -0.2) is 23.4 Å². The van der Waals surface area contributed by atoms with E-state index in [1.54, 1.807) is 32.2 Å². The molecule has 0 amide bonds. The Hall–Kier alpha value is -4.39. The monoisotopic (exact) mass is 471 g/mol. The molecule has 0 spiro atoms. The molecule has 5 rings (SSSR count). The van der Waals surface area contributed by atoms with Gasteiger partial charge in [0.1, 0.15) is 23.1 Å². The van der Waals surface area contributed by atoms with Crippen LogP contribution in [0.15, 0.2) is 66.6 Å². The van der Waals surface area contributed by atoms with Gasteiger partial charge in [-0.3, -0.25) is 4.79 Å². The molecule has 6 nitrogen and oxygen atoms in total. The van der Waals surface area contributed by atoms with Crippen LogP contribution in [0.25, 0.3) is 17.0 Å². The van der Waals surface area contributed by atoms with Gasteiger partial charge in [-0.05, 0) is 68.5 Å². The predicted octanol–water partition coefficient (Wildman–Crippen LogP) is 5.95. The van der Waals surface area contributed by atoms with Crippen molar-refractivity contribution in [1.82, 2.24) is 4.57 Å². The number of aryl methyl sites for hydroxylation is 1. The van der Waals surface area contributed by atoms with Crippen LogP contribution in [-0.2, 0) is 6.54 Å². The van der Waals surface area contributed by atoms with Gasteiger partial charge in [-0.25, -0.2) is 9.18 Å². The van der Waals surface area contributed by atoms with Crippen LogP contribution < -0.4 is 14.2 Å². The zero-order valence-corrected chi connectivity index (χ0v) is 19.4. The van der Waals surface area contributed by atoms with Gasteiger partial charge in [0.05, 0.1) is 18.2 Å². The highest BCUT2D eigenvalue weighted by Gasteiger charge is 2.31. The first kappa shape index (κ1) is 22.4. The number of nitrogens with zero attached hydrogens (tertiary/aromatic N) is 1. The smallest absolute Gasteiger partial charge is 0.343 e. The van der Waals surface area contributed by atoms with E-state index in [-0.39, 0.29) is 22.9 Å². The SMILES string of the molecule is CCn1cc(/C=C2\Oc3c(ccc(OC(=O)c4cccc(F)c4)c3C)C2=O)c2cc(OC)ccc21. The van der Waals surface area contributed by atoms with Gasteiger partial charge in [-0.2, -0.15) is 0 Å². The van der Waals surface area contributed by atoms with E-state index in [1.807, 2.05) is 31.3 Å². The van der Waals surface area contributed by atoms with E-state index in [1.165, 1.54) is 18.2 Å². The molecule has 0 N–H and O–H groups in total. The molecule has 3 aromatic carbocycles. The normalized spacial score (nSPS) is 13.7. The van der Waals surface area contributed by atoms with Gasteiger partial charge in [0.2, 0.25) is 5.78 Å². The third-order valence-electron chi connectivity index (χ3n) is 6.05. The number of carbonyl (C=O) groups excluding carboxylic acids is 2. The summed E-state index contributed by atoms with van der Waals surface area (Å²) in [5.41, 5.74) is 2.82. The van der Waals surface area contributed by atoms with Crippen LogP contribution in [0.3, 0.4) is 0 Å². The number of esters is 1. The molecule has 1 aromatic heterocycles. The van der Waals surface area contributed by atoms with Crippen LogP contribution in [0.5, 0.6) is 17.2 Å². The lowest BCUT2D eigenvalue weighted by atomic mass is 10.1. The minimum absolute atomic E-state index is 0.0882. The largest absolute Gasteiger partial charge is 0.497 e. The minimum atomic E-state index is -0.700. The van der Waals surface area contributed by atoms with Crippen molar-refractivity contribution in [2.45, 2.75) is 20.4 Å². The molecule has 0 atom stereocenters. The first-order chi connectivity index (χ1) is 16.9. The molecule has 0 aliphatic carbocycles. The zero-order valence-electron chi connectivity index (χ0n) is 19.4. The molecule has 4 aromatic rings. The predicted molar refractivity (Wildman–Crippen MR) is 130 cm³/mol. The number of hydrogen-bond acceptors (Lipinski definition) is 5. The van der Waals surface area contributed by atoms with Gasteiger partial charge in [0, 0.05) is 34.8 Å². The Kier molecular flexibility index (Phi) is 5.61. The fraction of sp³-hybridized carbons (Fsp3) is 0.143. The zero-order chi connectivity index (χ0) is 24.7. The number of ketones is 1. The molecule has 176 valence electrons. The molecular formula is C28H22FNO5. The first-order valence-corrected chi connectivity index (χ1v) is 11.1. The molecule has 1 aliphatic rings. The van der Waals surface area contributed by atoms with Gasteiger partial charge in [-0.15, -0.1) is 0 Å². The maximum atomic E-state index is 13.5. The number of hydrogen-bond donors (Lipinski definition) is 0. The highest BCUT2D eigenvalue weighted by molar-refractivity contribution is 6.15. The molecule has 2 heterocycles. The second kappa shape index (κ2) is 8.76. The topological polar surface area (TPSA) is 66.8 Å². The van der Waals surface area contributed by atoms with Crippen molar-refractivity contribution in [1.29, 1.82) is 0 Å². The van der Waals surface area contributed by atoms with Gasteiger partial charge >= 0.3 is 5.97 Å². The van der Waals surface area contributed by atoms with Crippen molar-refractivity contribution in [3.05, 3.63) is 94.6 Å². The fourth-order valence-electron chi connectivity index (χ4n) is 4.20. The van der Waals surface area contributed by atoms with Crippen molar-refractivity contribution < 1.29 is 28.2 Å². The molecule has 0 radical (unpaired) electrons. The molecular weight excluding hydrogens is 449 g/mol. The summed E-state index contributed by atoms with van der Waals surface area (Å²) in [6.07, 6.45) is 3.68. The summed E-state index contributed by atoms with van der Waals surface area (Å²) in [5.74, 6) is -0.0264. The van der Waals surface area contributed by atoms with Gasteiger partial charge < -0.3 is 18.8 Å². The van der Waals surface area contributed by atoms with Crippen molar-refractivity contribution in [3.8, 4) is 17.2 Å². The second-order valence-electron chi connectivity index (χ2n) is 8.16. The van der Waals surface area contributed by atoms with E-state index in [0.29, 0.717) is 22.6 Å². The standard InChI is InChI=1S/C28H22FNO5/c1-4-30-15-18(22-14-20(33-3)8-10-23(22)30)13-25-26(31)21-9-11-24(16(2)27(21)34-25)35-28(32)17-6-5-7-19(29)12-17/h5-15H,4H2,1-3H3/b25-13-. The van der Waals surface area contributed by atoms with Crippen molar-refractivity contribution in [3.63, 3.8) is 0 Å². The van der Waals surface area contributed by atoms with E-state index in [4.69, 9.17) is 14.2 Å². The molecule has 0 fully saturated rings. The lowest BCUT2D eigenvalue weighted by Crippen LogP contribution is -2.09. The average molecular weight is 471 g/mol. The van der Waals surface area contributed by atoms with E-state index in [9.17, 15) is 14.0 Å². The van der Waals surface area contributed by atoms with Crippen LogP contribution in [0.2, 0.25) is 0 Å². The highest BCUT2D eigenvalue weighted by Crippen LogP contribution is 2.40. The summed E-state index contributed by atoms with van der Waals surface area (Å²) in [4.78, 5) is 25.6.